The second-order valence-electron chi connectivity index (χ2n) is 6.16. The number of hydrogen-bond donors (Lipinski definition) is 2. The molecule has 0 aliphatic heterocycles. The number of aryl methyl sites for hydroxylation is 1. The lowest BCUT2D eigenvalue weighted by Gasteiger charge is -2.11. The van der Waals surface area contributed by atoms with Crippen LogP contribution in [0.15, 0.2) is 54.6 Å². The SMILES string of the molecule is COC(=O)c1cccc(Nc2ccc(C(=O)Nc3cc(C)ccc3OC)nn2)c1. The monoisotopic (exact) mass is 392 g/mol. The zero-order valence-electron chi connectivity index (χ0n) is 16.2. The number of benzene rings is 2. The van der Waals surface area contributed by atoms with Gasteiger partial charge in [-0.3, -0.25) is 4.79 Å². The summed E-state index contributed by atoms with van der Waals surface area (Å²) in [6.07, 6.45) is 0. The van der Waals surface area contributed by atoms with Crippen LogP contribution < -0.4 is 15.4 Å². The third-order valence-corrected chi connectivity index (χ3v) is 4.06. The summed E-state index contributed by atoms with van der Waals surface area (Å²) in [6, 6.07) is 15.5. The summed E-state index contributed by atoms with van der Waals surface area (Å²) in [5.74, 6) is 0.149. The first-order valence-electron chi connectivity index (χ1n) is 8.75. The van der Waals surface area contributed by atoms with Gasteiger partial charge in [-0.05, 0) is 55.0 Å². The van der Waals surface area contributed by atoms with Gasteiger partial charge in [-0.15, -0.1) is 10.2 Å². The highest BCUT2D eigenvalue weighted by Crippen LogP contribution is 2.25. The predicted octanol–water partition coefficient (Wildman–Crippen LogP) is 3.58. The van der Waals surface area contributed by atoms with Gasteiger partial charge in [0, 0.05) is 5.69 Å². The van der Waals surface area contributed by atoms with Gasteiger partial charge < -0.3 is 20.1 Å². The van der Waals surface area contributed by atoms with E-state index in [0.29, 0.717) is 28.5 Å². The van der Waals surface area contributed by atoms with Crippen molar-refractivity contribution in [2.24, 2.45) is 0 Å². The smallest absolute Gasteiger partial charge is 0.337 e. The number of nitrogens with one attached hydrogen (secondary N) is 2. The average molecular weight is 392 g/mol. The van der Waals surface area contributed by atoms with Crippen LogP contribution in [0.3, 0.4) is 0 Å². The van der Waals surface area contributed by atoms with Crippen LogP contribution in [0.4, 0.5) is 17.2 Å². The van der Waals surface area contributed by atoms with E-state index in [1.165, 1.54) is 14.2 Å². The van der Waals surface area contributed by atoms with E-state index in [9.17, 15) is 9.59 Å². The highest BCUT2D eigenvalue weighted by molar-refractivity contribution is 6.03. The van der Waals surface area contributed by atoms with E-state index in [4.69, 9.17) is 9.47 Å². The lowest BCUT2D eigenvalue weighted by atomic mass is 10.2. The van der Waals surface area contributed by atoms with Crippen LogP contribution in [0.25, 0.3) is 0 Å². The molecule has 3 rings (SSSR count). The molecule has 1 amide bonds. The molecule has 29 heavy (non-hydrogen) atoms. The van der Waals surface area contributed by atoms with Gasteiger partial charge in [0.2, 0.25) is 0 Å². The Labute approximate surface area is 167 Å². The third kappa shape index (κ3) is 4.86. The summed E-state index contributed by atoms with van der Waals surface area (Å²) in [5.41, 5.74) is 2.75. The molecule has 148 valence electrons. The number of anilines is 3. The summed E-state index contributed by atoms with van der Waals surface area (Å²) in [4.78, 5) is 24.1. The molecule has 0 fully saturated rings. The van der Waals surface area contributed by atoms with Crippen molar-refractivity contribution in [3.05, 3.63) is 71.4 Å². The molecule has 0 radical (unpaired) electrons. The van der Waals surface area contributed by atoms with E-state index < -0.39 is 11.9 Å². The lowest BCUT2D eigenvalue weighted by molar-refractivity contribution is 0.0600. The number of ether oxygens (including phenoxy) is 2. The van der Waals surface area contributed by atoms with Crippen molar-refractivity contribution >= 4 is 29.1 Å². The Morgan fingerprint density at radius 1 is 0.966 bits per heavy atom. The number of methoxy groups -OCH3 is 2. The molecule has 0 aliphatic carbocycles. The number of aromatic nitrogens is 2. The van der Waals surface area contributed by atoms with Crippen molar-refractivity contribution in [1.82, 2.24) is 10.2 Å². The van der Waals surface area contributed by atoms with Crippen LogP contribution in [-0.4, -0.2) is 36.3 Å². The quantitative estimate of drug-likeness (QED) is 0.618. The van der Waals surface area contributed by atoms with Gasteiger partial charge in [0.05, 0.1) is 25.5 Å². The zero-order valence-corrected chi connectivity index (χ0v) is 16.2. The first-order chi connectivity index (χ1) is 14.0. The largest absolute Gasteiger partial charge is 0.495 e. The van der Waals surface area contributed by atoms with Crippen molar-refractivity contribution in [1.29, 1.82) is 0 Å². The molecule has 2 N–H and O–H groups in total. The number of carbonyl (C=O) groups excluding carboxylic acids is 2. The normalized spacial score (nSPS) is 10.2. The molecule has 1 heterocycles. The van der Waals surface area contributed by atoms with Crippen LogP contribution >= 0.6 is 0 Å². The van der Waals surface area contributed by atoms with Crippen LogP contribution in [0, 0.1) is 6.92 Å². The minimum Gasteiger partial charge on any atom is -0.495 e. The predicted molar refractivity (Wildman–Crippen MR) is 109 cm³/mol. The molecule has 0 spiro atoms. The number of rotatable bonds is 6. The molecule has 0 saturated carbocycles. The molecular formula is C21H20N4O4. The van der Waals surface area contributed by atoms with Gasteiger partial charge in [0.15, 0.2) is 11.5 Å². The number of amides is 1. The highest BCUT2D eigenvalue weighted by Gasteiger charge is 2.12. The Bertz CT molecular complexity index is 1040. The van der Waals surface area contributed by atoms with Gasteiger partial charge in [-0.1, -0.05) is 12.1 Å². The Hall–Kier alpha value is -3.94. The van der Waals surface area contributed by atoms with Crippen LogP contribution in [0.5, 0.6) is 5.75 Å². The first kappa shape index (κ1) is 19.8. The van der Waals surface area contributed by atoms with Gasteiger partial charge >= 0.3 is 5.97 Å². The molecule has 8 heteroatoms. The van der Waals surface area contributed by atoms with Gasteiger partial charge in [-0.25, -0.2) is 4.79 Å². The third-order valence-electron chi connectivity index (χ3n) is 4.06. The Balaban J connectivity index is 1.71. The molecule has 8 nitrogen and oxygen atoms in total. The van der Waals surface area contributed by atoms with E-state index in [-0.39, 0.29) is 5.69 Å². The fraction of sp³-hybridized carbons (Fsp3) is 0.143. The Kier molecular flexibility index (Phi) is 6.03. The molecule has 0 unspecified atom stereocenters. The van der Waals surface area contributed by atoms with Crippen molar-refractivity contribution in [2.45, 2.75) is 6.92 Å². The number of hydrogen-bond acceptors (Lipinski definition) is 7. The van der Waals surface area contributed by atoms with Crippen LogP contribution in [-0.2, 0) is 4.74 Å². The highest BCUT2D eigenvalue weighted by atomic mass is 16.5. The van der Waals surface area contributed by atoms with Crippen molar-refractivity contribution < 1.29 is 19.1 Å². The topological polar surface area (TPSA) is 102 Å². The minimum absolute atomic E-state index is 0.155. The Morgan fingerprint density at radius 2 is 1.79 bits per heavy atom. The van der Waals surface area contributed by atoms with Gasteiger partial charge in [0.1, 0.15) is 5.75 Å². The van der Waals surface area contributed by atoms with E-state index in [1.807, 2.05) is 19.1 Å². The van der Waals surface area contributed by atoms with Crippen LogP contribution in [0.2, 0.25) is 0 Å². The second-order valence-corrected chi connectivity index (χ2v) is 6.16. The van der Waals surface area contributed by atoms with E-state index in [1.54, 1.807) is 42.5 Å². The van der Waals surface area contributed by atoms with Crippen molar-refractivity contribution in [3.8, 4) is 5.75 Å². The standard InChI is InChI=1S/C21H20N4O4/c1-13-7-9-18(28-2)17(11-13)23-20(26)16-8-10-19(25-24-16)22-15-6-4-5-14(12-15)21(27)29-3/h4-12H,1-3H3,(H,22,25)(H,23,26). The zero-order chi connectivity index (χ0) is 20.8. The molecule has 3 aromatic rings. The van der Waals surface area contributed by atoms with Crippen molar-refractivity contribution in [3.63, 3.8) is 0 Å². The second kappa shape index (κ2) is 8.83. The van der Waals surface area contributed by atoms with E-state index in [0.717, 1.165) is 5.56 Å². The fourth-order valence-electron chi connectivity index (χ4n) is 2.62. The molecule has 0 atom stereocenters. The molecule has 0 saturated heterocycles. The summed E-state index contributed by atoms with van der Waals surface area (Å²) in [5, 5.41) is 13.8. The molecule has 0 aliphatic rings. The Morgan fingerprint density at radius 3 is 2.48 bits per heavy atom. The minimum atomic E-state index is -0.432. The maximum absolute atomic E-state index is 12.5. The average Bonchev–Trinajstić information content (AvgIpc) is 2.74. The van der Waals surface area contributed by atoms with Gasteiger partial charge in [0.25, 0.3) is 5.91 Å². The number of carbonyl (C=O) groups is 2. The summed E-state index contributed by atoms with van der Waals surface area (Å²) in [7, 11) is 2.86. The molecule has 1 aromatic heterocycles. The summed E-state index contributed by atoms with van der Waals surface area (Å²) < 4.78 is 9.97. The van der Waals surface area contributed by atoms with E-state index >= 15 is 0 Å². The first-order valence-corrected chi connectivity index (χ1v) is 8.75. The summed E-state index contributed by atoms with van der Waals surface area (Å²) >= 11 is 0. The lowest BCUT2D eigenvalue weighted by Crippen LogP contribution is -2.15. The molecule has 0 bridgehead atoms. The molecule has 2 aromatic carbocycles. The maximum atomic E-state index is 12.5. The molecular weight excluding hydrogens is 372 g/mol. The number of esters is 1. The van der Waals surface area contributed by atoms with E-state index in [2.05, 4.69) is 20.8 Å². The van der Waals surface area contributed by atoms with Gasteiger partial charge in [-0.2, -0.15) is 0 Å². The van der Waals surface area contributed by atoms with Crippen LogP contribution in [0.1, 0.15) is 26.4 Å². The summed E-state index contributed by atoms with van der Waals surface area (Å²) in [6.45, 7) is 1.92. The maximum Gasteiger partial charge on any atom is 0.337 e. The van der Waals surface area contributed by atoms with Crippen molar-refractivity contribution in [2.75, 3.05) is 24.9 Å². The number of nitrogens with zero attached hydrogens (tertiary/aromatic N) is 2. The fourth-order valence-corrected chi connectivity index (χ4v) is 2.62.